The fourth-order valence-electron chi connectivity index (χ4n) is 4.22. The standard InChI is InChI=1S/C21H27N3O2S/c1-21(2)10-13-23(14-21)20(26)18-9-8-17(27-18)15-6-5-12-24(15)19(25)16-7-4-11-22(16)3/h4,7-9,11,15H,5-6,10,12-14H2,1-3H3. The third kappa shape index (κ3) is 3.43. The van der Waals surface area contributed by atoms with Gasteiger partial charge < -0.3 is 14.4 Å². The number of nitrogens with zero attached hydrogens (tertiary/aromatic N) is 3. The minimum absolute atomic E-state index is 0.0765. The Kier molecular flexibility index (Phi) is 4.62. The van der Waals surface area contributed by atoms with Gasteiger partial charge in [-0.05, 0) is 48.9 Å². The van der Waals surface area contributed by atoms with Crippen molar-refractivity contribution < 1.29 is 9.59 Å². The van der Waals surface area contributed by atoms with Crippen LogP contribution in [0.25, 0.3) is 0 Å². The summed E-state index contributed by atoms with van der Waals surface area (Å²) in [6.07, 6.45) is 4.92. The Bertz CT molecular complexity index is 866. The lowest BCUT2D eigenvalue weighted by Gasteiger charge is -2.24. The number of carbonyl (C=O) groups is 2. The quantitative estimate of drug-likeness (QED) is 0.803. The number of rotatable bonds is 3. The van der Waals surface area contributed by atoms with Gasteiger partial charge >= 0.3 is 0 Å². The van der Waals surface area contributed by atoms with Gasteiger partial charge in [0.15, 0.2) is 0 Å². The molecule has 0 aliphatic carbocycles. The van der Waals surface area contributed by atoms with Gasteiger partial charge in [0.25, 0.3) is 11.8 Å². The summed E-state index contributed by atoms with van der Waals surface area (Å²) >= 11 is 1.56. The zero-order valence-corrected chi connectivity index (χ0v) is 17.1. The van der Waals surface area contributed by atoms with E-state index in [0.717, 1.165) is 48.7 Å². The number of aromatic nitrogens is 1. The lowest BCUT2D eigenvalue weighted by molar-refractivity contribution is 0.0727. The van der Waals surface area contributed by atoms with E-state index in [4.69, 9.17) is 0 Å². The van der Waals surface area contributed by atoms with Crippen molar-refractivity contribution in [2.45, 2.75) is 39.2 Å². The molecule has 1 unspecified atom stereocenters. The van der Waals surface area contributed by atoms with E-state index < -0.39 is 0 Å². The minimum Gasteiger partial charge on any atom is -0.347 e. The molecule has 4 heterocycles. The summed E-state index contributed by atoms with van der Waals surface area (Å²) in [6, 6.07) is 7.83. The first-order valence-electron chi connectivity index (χ1n) is 9.67. The number of aryl methyl sites for hydroxylation is 1. The maximum absolute atomic E-state index is 13.0. The first-order valence-corrected chi connectivity index (χ1v) is 10.5. The van der Waals surface area contributed by atoms with E-state index in [2.05, 4.69) is 13.8 Å². The Morgan fingerprint density at radius 1 is 1.15 bits per heavy atom. The van der Waals surface area contributed by atoms with Crippen molar-refractivity contribution in [2.75, 3.05) is 19.6 Å². The highest BCUT2D eigenvalue weighted by Crippen LogP contribution is 2.38. The second-order valence-corrected chi connectivity index (χ2v) is 9.62. The average molecular weight is 386 g/mol. The van der Waals surface area contributed by atoms with Gasteiger partial charge in [0.1, 0.15) is 5.69 Å². The van der Waals surface area contributed by atoms with Crippen LogP contribution >= 0.6 is 11.3 Å². The van der Waals surface area contributed by atoms with Crippen LogP contribution in [0.2, 0.25) is 0 Å². The van der Waals surface area contributed by atoms with Crippen molar-refractivity contribution in [3.8, 4) is 0 Å². The highest BCUT2D eigenvalue weighted by Gasteiger charge is 2.35. The van der Waals surface area contributed by atoms with Crippen molar-refractivity contribution >= 4 is 23.2 Å². The molecule has 0 saturated carbocycles. The zero-order chi connectivity index (χ0) is 19.2. The summed E-state index contributed by atoms with van der Waals surface area (Å²) in [4.78, 5) is 31.7. The molecule has 2 saturated heterocycles. The molecule has 2 aliphatic rings. The molecule has 2 amide bonds. The van der Waals surface area contributed by atoms with Crippen LogP contribution in [0.4, 0.5) is 0 Å². The number of carbonyl (C=O) groups excluding carboxylic acids is 2. The van der Waals surface area contributed by atoms with Crippen molar-refractivity contribution in [1.82, 2.24) is 14.4 Å². The fraction of sp³-hybridized carbons (Fsp3) is 0.524. The molecule has 0 spiro atoms. The molecule has 1 atom stereocenters. The molecule has 27 heavy (non-hydrogen) atoms. The highest BCUT2D eigenvalue weighted by atomic mass is 32.1. The highest BCUT2D eigenvalue weighted by molar-refractivity contribution is 7.14. The molecule has 144 valence electrons. The van der Waals surface area contributed by atoms with E-state index in [0.29, 0.717) is 5.69 Å². The van der Waals surface area contributed by atoms with Crippen LogP contribution in [0.3, 0.4) is 0 Å². The zero-order valence-electron chi connectivity index (χ0n) is 16.3. The Balaban J connectivity index is 1.51. The third-order valence-electron chi connectivity index (χ3n) is 5.81. The number of likely N-dealkylation sites (tertiary alicyclic amines) is 2. The molecule has 0 aromatic carbocycles. The molecule has 4 rings (SSSR count). The predicted octanol–water partition coefficient (Wildman–Crippen LogP) is 3.94. The van der Waals surface area contributed by atoms with E-state index in [1.165, 1.54) is 0 Å². The van der Waals surface area contributed by atoms with E-state index in [9.17, 15) is 9.59 Å². The van der Waals surface area contributed by atoms with Crippen LogP contribution in [0.1, 0.15) is 64.2 Å². The summed E-state index contributed by atoms with van der Waals surface area (Å²) in [5.41, 5.74) is 0.925. The molecule has 2 fully saturated rings. The average Bonchev–Trinajstić information content (AvgIpc) is 3.39. The van der Waals surface area contributed by atoms with Gasteiger partial charge in [-0.3, -0.25) is 9.59 Å². The van der Waals surface area contributed by atoms with Gasteiger partial charge in [-0.2, -0.15) is 0 Å². The normalized spacial score (nSPS) is 21.8. The molecule has 0 radical (unpaired) electrons. The van der Waals surface area contributed by atoms with Crippen LogP contribution in [0, 0.1) is 5.41 Å². The molecule has 0 N–H and O–H groups in total. The van der Waals surface area contributed by atoms with Crippen LogP contribution in [0.15, 0.2) is 30.5 Å². The molecule has 0 bridgehead atoms. The molecule has 6 heteroatoms. The lowest BCUT2D eigenvalue weighted by atomic mass is 9.93. The van der Waals surface area contributed by atoms with Gasteiger partial charge in [-0.15, -0.1) is 11.3 Å². The Morgan fingerprint density at radius 2 is 1.96 bits per heavy atom. The van der Waals surface area contributed by atoms with Crippen molar-refractivity contribution in [3.05, 3.63) is 45.9 Å². The van der Waals surface area contributed by atoms with Crippen LogP contribution in [-0.2, 0) is 7.05 Å². The summed E-state index contributed by atoms with van der Waals surface area (Å²) in [7, 11) is 1.90. The number of hydrogen-bond acceptors (Lipinski definition) is 3. The van der Waals surface area contributed by atoms with Gasteiger partial charge in [0.2, 0.25) is 0 Å². The Hall–Kier alpha value is -2.08. The molecular weight excluding hydrogens is 358 g/mol. The van der Waals surface area contributed by atoms with Gasteiger partial charge in [0.05, 0.1) is 10.9 Å². The topological polar surface area (TPSA) is 45.6 Å². The van der Waals surface area contributed by atoms with Crippen LogP contribution in [-0.4, -0.2) is 45.8 Å². The van der Waals surface area contributed by atoms with Gasteiger partial charge in [0, 0.05) is 37.8 Å². The second-order valence-electron chi connectivity index (χ2n) is 8.50. The molecular formula is C21H27N3O2S. The monoisotopic (exact) mass is 385 g/mol. The summed E-state index contributed by atoms with van der Waals surface area (Å²) in [5.74, 6) is 0.211. The second kappa shape index (κ2) is 6.82. The molecule has 2 aromatic rings. The maximum atomic E-state index is 13.0. The molecule has 5 nitrogen and oxygen atoms in total. The lowest BCUT2D eigenvalue weighted by Crippen LogP contribution is -2.31. The van der Waals surface area contributed by atoms with E-state index in [1.807, 2.05) is 51.9 Å². The van der Waals surface area contributed by atoms with Crippen molar-refractivity contribution in [3.63, 3.8) is 0 Å². The number of thiophene rings is 1. The predicted molar refractivity (Wildman–Crippen MR) is 107 cm³/mol. The smallest absolute Gasteiger partial charge is 0.271 e. The Labute approximate surface area is 164 Å². The number of hydrogen-bond donors (Lipinski definition) is 0. The maximum Gasteiger partial charge on any atom is 0.271 e. The first kappa shape index (κ1) is 18.3. The van der Waals surface area contributed by atoms with E-state index in [1.54, 1.807) is 11.3 Å². The SMILES string of the molecule is Cn1cccc1C(=O)N1CCCC1c1ccc(C(=O)N2CCC(C)(C)C2)s1. The molecule has 2 aliphatic heterocycles. The van der Waals surface area contributed by atoms with E-state index in [-0.39, 0.29) is 23.3 Å². The largest absolute Gasteiger partial charge is 0.347 e. The summed E-state index contributed by atoms with van der Waals surface area (Å²) < 4.78 is 1.87. The summed E-state index contributed by atoms with van der Waals surface area (Å²) in [6.45, 7) is 6.86. The van der Waals surface area contributed by atoms with Gasteiger partial charge in [-0.1, -0.05) is 13.8 Å². The van der Waals surface area contributed by atoms with E-state index >= 15 is 0 Å². The Morgan fingerprint density at radius 3 is 2.63 bits per heavy atom. The van der Waals surface area contributed by atoms with Crippen molar-refractivity contribution in [1.29, 1.82) is 0 Å². The third-order valence-corrected chi connectivity index (χ3v) is 6.98. The van der Waals surface area contributed by atoms with Crippen LogP contribution < -0.4 is 0 Å². The van der Waals surface area contributed by atoms with Crippen LogP contribution in [0.5, 0.6) is 0 Å². The van der Waals surface area contributed by atoms with Crippen molar-refractivity contribution in [2.24, 2.45) is 12.5 Å². The van der Waals surface area contributed by atoms with Gasteiger partial charge in [-0.25, -0.2) is 0 Å². The summed E-state index contributed by atoms with van der Waals surface area (Å²) in [5, 5.41) is 0. The fourth-order valence-corrected chi connectivity index (χ4v) is 5.35. The number of amides is 2. The minimum atomic E-state index is 0.0765. The first-order chi connectivity index (χ1) is 12.9. The molecule has 2 aromatic heterocycles.